The first-order valence-electron chi connectivity index (χ1n) is 10.4. The monoisotopic (exact) mass is 478 g/mol. The van der Waals surface area contributed by atoms with Crippen LogP contribution in [-0.4, -0.2) is 35.4 Å². The van der Waals surface area contributed by atoms with Gasteiger partial charge in [0, 0.05) is 22.9 Å². The molecule has 0 unspecified atom stereocenters. The number of ether oxygens (including phenoxy) is 1. The minimum atomic E-state index is -0.850. The van der Waals surface area contributed by atoms with Crippen LogP contribution in [0.2, 0.25) is 0 Å². The molecule has 0 saturated heterocycles. The van der Waals surface area contributed by atoms with Gasteiger partial charge in [-0.25, -0.2) is 4.79 Å². The second kappa shape index (κ2) is 11.2. The minimum Gasteiger partial charge on any atom is -0.452 e. The van der Waals surface area contributed by atoms with Gasteiger partial charge in [0.15, 0.2) is 12.4 Å². The molecule has 0 heterocycles. The predicted molar refractivity (Wildman–Crippen MR) is 129 cm³/mol. The fraction of sp³-hybridized carbons (Fsp3) is 0.160. The summed E-state index contributed by atoms with van der Waals surface area (Å²) in [5, 5.41) is 14.0. The topological polar surface area (TPSA) is 116 Å². The molecular formula is C25H22N2O6S. The minimum absolute atomic E-state index is 0.0229. The van der Waals surface area contributed by atoms with Gasteiger partial charge < -0.3 is 10.1 Å². The van der Waals surface area contributed by atoms with Gasteiger partial charge >= 0.3 is 5.97 Å². The van der Waals surface area contributed by atoms with Crippen LogP contribution in [-0.2, 0) is 16.0 Å². The molecule has 0 spiro atoms. The zero-order valence-corrected chi connectivity index (χ0v) is 19.4. The molecule has 0 radical (unpaired) electrons. The largest absolute Gasteiger partial charge is 0.452 e. The van der Waals surface area contributed by atoms with Crippen LogP contribution in [0.3, 0.4) is 0 Å². The number of esters is 1. The molecule has 3 rings (SSSR count). The molecule has 1 amide bonds. The highest BCUT2D eigenvalue weighted by Crippen LogP contribution is 2.29. The van der Waals surface area contributed by atoms with Crippen molar-refractivity contribution in [2.45, 2.75) is 18.2 Å². The van der Waals surface area contributed by atoms with Gasteiger partial charge in [-0.15, -0.1) is 11.8 Å². The summed E-state index contributed by atoms with van der Waals surface area (Å²) in [5.74, 6) is -1.94. The summed E-state index contributed by atoms with van der Waals surface area (Å²) in [6, 6.07) is 17.4. The number of carbonyl (C=O) groups excluding carboxylic acids is 3. The maximum absolute atomic E-state index is 13.1. The second-order valence-corrected chi connectivity index (χ2v) is 8.04. The Hall–Kier alpha value is -3.98. The predicted octanol–water partition coefficient (Wildman–Crippen LogP) is 4.91. The van der Waals surface area contributed by atoms with Crippen molar-refractivity contribution in [3.8, 4) is 0 Å². The molecule has 174 valence electrons. The van der Waals surface area contributed by atoms with E-state index in [1.165, 1.54) is 42.1 Å². The molecule has 0 aliphatic rings. The lowest BCUT2D eigenvalue weighted by molar-refractivity contribution is -0.387. The van der Waals surface area contributed by atoms with E-state index in [0.717, 1.165) is 12.0 Å². The third kappa shape index (κ3) is 5.87. The van der Waals surface area contributed by atoms with E-state index >= 15 is 0 Å². The highest BCUT2D eigenvalue weighted by Gasteiger charge is 2.23. The molecule has 0 bridgehead atoms. The lowest BCUT2D eigenvalue weighted by Gasteiger charge is -2.10. The molecule has 0 aromatic heterocycles. The van der Waals surface area contributed by atoms with Crippen molar-refractivity contribution >= 4 is 40.8 Å². The lowest BCUT2D eigenvalue weighted by atomic mass is 9.98. The number of ketones is 1. The van der Waals surface area contributed by atoms with Crippen LogP contribution in [0.4, 0.5) is 11.4 Å². The Morgan fingerprint density at radius 1 is 1.00 bits per heavy atom. The van der Waals surface area contributed by atoms with Gasteiger partial charge in [-0.2, -0.15) is 0 Å². The van der Waals surface area contributed by atoms with E-state index in [1.54, 1.807) is 24.5 Å². The van der Waals surface area contributed by atoms with E-state index < -0.39 is 29.2 Å². The molecule has 0 fully saturated rings. The first kappa shape index (κ1) is 24.7. The number of nitrogens with one attached hydrogen (secondary N) is 1. The van der Waals surface area contributed by atoms with Crippen LogP contribution in [0.25, 0.3) is 0 Å². The first-order chi connectivity index (χ1) is 16.3. The Kier molecular flexibility index (Phi) is 8.15. The Morgan fingerprint density at radius 2 is 1.74 bits per heavy atom. The van der Waals surface area contributed by atoms with Gasteiger partial charge in [0.2, 0.25) is 0 Å². The fourth-order valence-electron chi connectivity index (χ4n) is 3.26. The molecule has 0 aliphatic carbocycles. The standard InChI is InChI=1S/C25H22N2O6S/c1-3-16-7-6-8-18(13-16)26-23(28)15-33-25(30)20-10-5-4-9-19(20)24(29)17-11-12-22(34-2)21(14-17)27(31)32/h4-14H,3,15H2,1-2H3,(H,26,28). The number of hydrogen-bond acceptors (Lipinski definition) is 7. The quantitative estimate of drug-likeness (QED) is 0.153. The Morgan fingerprint density at radius 3 is 2.41 bits per heavy atom. The zero-order valence-electron chi connectivity index (χ0n) is 18.6. The number of nitro benzene ring substituents is 1. The third-order valence-corrected chi connectivity index (χ3v) is 5.77. The van der Waals surface area contributed by atoms with Crippen LogP contribution in [0, 0.1) is 10.1 Å². The maximum atomic E-state index is 13.1. The first-order valence-corrected chi connectivity index (χ1v) is 11.6. The van der Waals surface area contributed by atoms with Gasteiger partial charge in [0.05, 0.1) is 15.4 Å². The van der Waals surface area contributed by atoms with Gasteiger partial charge in [-0.1, -0.05) is 37.3 Å². The van der Waals surface area contributed by atoms with Crippen LogP contribution in [0.1, 0.15) is 38.8 Å². The number of rotatable bonds is 9. The average Bonchev–Trinajstić information content (AvgIpc) is 2.86. The normalized spacial score (nSPS) is 10.4. The van der Waals surface area contributed by atoms with Crippen LogP contribution in [0.5, 0.6) is 0 Å². The molecule has 0 atom stereocenters. The van der Waals surface area contributed by atoms with E-state index in [0.29, 0.717) is 10.6 Å². The summed E-state index contributed by atoms with van der Waals surface area (Å²) < 4.78 is 5.13. The number of thioether (sulfide) groups is 1. The number of amides is 1. The Bertz CT molecular complexity index is 1260. The van der Waals surface area contributed by atoms with E-state index in [1.807, 2.05) is 25.1 Å². The Balaban J connectivity index is 1.75. The SMILES string of the molecule is CCc1cccc(NC(=O)COC(=O)c2ccccc2C(=O)c2ccc(SC)c([N+](=O)[O-])c2)c1. The molecule has 3 aromatic carbocycles. The van der Waals surface area contributed by atoms with Crippen molar-refractivity contribution in [2.75, 3.05) is 18.2 Å². The molecule has 8 nitrogen and oxygen atoms in total. The summed E-state index contributed by atoms with van der Waals surface area (Å²) >= 11 is 1.19. The van der Waals surface area contributed by atoms with E-state index in [-0.39, 0.29) is 22.4 Å². The molecule has 34 heavy (non-hydrogen) atoms. The van der Waals surface area contributed by atoms with Crippen molar-refractivity contribution in [1.82, 2.24) is 0 Å². The van der Waals surface area contributed by atoms with Gasteiger partial charge in [0.1, 0.15) is 0 Å². The van der Waals surface area contributed by atoms with Crippen LogP contribution in [0.15, 0.2) is 71.6 Å². The molecule has 1 N–H and O–H groups in total. The van der Waals surface area contributed by atoms with E-state index in [9.17, 15) is 24.5 Å². The maximum Gasteiger partial charge on any atom is 0.339 e. The number of hydrogen-bond donors (Lipinski definition) is 1. The van der Waals surface area contributed by atoms with Crippen molar-refractivity contribution < 1.29 is 24.0 Å². The summed E-state index contributed by atoms with van der Waals surface area (Å²) in [7, 11) is 0. The average molecular weight is 479 g/mol. The summed E-state index contributed by atoms with van der Waals surface area (Å²) in [4.78, 5) is 49.2. The highest BCUT2D eigenvalue weighted by molar-refractivity contribution is 7.98. The molecule has 0 aliphatic heterocycles. The molecule has 9 heteroatoms. The van der Waals surface area contributed by atoms with E-state index in [2.05, 4.69) is 5.32 Å². The van der Waals surface area contributed by atoms with Gasteiger partial charge in [0.25, 0.3) is 11.6 Å². The van der Waals surface area contributed by atoms with Crippen molar-refractivity contribution in [2.24, 2.45) is 0 Å². The summed E-state index contributed by atoms with van der Waals surface area (Å²) in [6.07, 6.45) is 2.51. The summed E-state index contributed by atoms with van der Waals surface area (Å²) in [6.45, 7) is 1.46. The smallest absolute Gasteiger partial charge is 0.339 e. The van der Waals surface area contributed by atoms with Crippen molar-refractivity contribution in [3.05, 3.63) is 99.1 Å². The number of nitrogens with zero attached hydrogens (tertiary/aromatic N) is 1. The van der Waals surface area contributed by atoms with Crippen LogP contribution >= 0.6 is 11.8 Å². The van der Waals surface area contributed by atoms with Crippen LogP contribution < -0.4 is 5.32 Å². The van der Waals surface area contributed by atoms with E-state index in [4.69, 9.17) is 4.74 Å². The number of nitro groups is 1. The number of benzene rings is 3. The van der Waals surface area contributed by atoms with Crippen molar-refractivity contribution in [3.63, 3.8) is 0 Å². The van der Waals surface area contributed by atoms with Gasteiger partial charge in [-0.3, -0.25) is 19.7 Å². The summed E-state index contributed by atoms with van der Waals surface area (Å²) in [5.41, 5.74) is 1.50. The Labute approximate surface area is 200 Å². The number of carbonyl (C=O) groups is 3. The molecular weight excluding hydrogens is 456 g/mol. The fourth-order valence-corrected chi connectivity index (χ4v) is 3.81. The number of anilines is 1. The lowest BCUT2D eigenvalue weighted by Crippen LogP contribution is -2.22. The zero-order chi connectivity index (χ0) is 24.7. The highest BCUT2D eigenvalue weighted by atomic mass is 32.2. The number of aryl methyl sites for hydroxylation is 1. The second-order valence-electron chi connectivity index (χ2n) is 7.20. The molecule has 0 saturated carbocycles. The van der Waals surface area contributed by atoms with Gasteiger partial charge in [-0.05, 0) is 48.6 Å². The third-order valence-electron chi connectivity index (χ3n) is 4.98. The molecule has 3 aromatic rings. The van der Waals surface area contributed by atoms with Crippen molar-refractivity contribution in [1.29, 1.82) is 0 Å².